The molecule has 16 nitrogen and oxygen atoms in total. The van der Waals surface area contributed by atoms with Crippen LogP contribution in [-0.2, 0) is 23.9 Å². The summed E-state index contributed by atoms with van der Waals surface area (Å²) in [4.78, 5) is 68.4. The van der Waals surface area contributed by atoms with E-state index < -0.39 is 58.9 Å². The minimum absolute atomic E-state index is 0.0197. The number of methoxy groups -OCH3 is 1. The first-order chi connectivity index (χ1) is 30.5. The van der Waals surface area contributed by atoms with Crippen LogP contribution in [0.4, 0.5) is 9.93 Å². The smallest absolute Gasteiger partial charge is 0.408 e. The Morgan fingerprint density at radius 2 is 1.81 bits per heavy atom. The number of nitrogens with zero attached hydrogens (tertiary/aromatic N) is 4. The van der Waals surface area contributed by atoms with Crippen molar-refractivity contribution in [1.29, 1.82) is 0 Å². The van der Waals surface area contributed by atoms with Crippen molar-refractivity contribution in [1.82, 2.24) is 30.4 Å². The van der Waals surface area contributed by atoms with Crippen LogP contribution in [0.2, 0.25) is 5.02 Å². The molecule has 4 heterocycles. The lowest BCUT2D eigenvalue weighted by Gasteiger charge is -2.35. The number of hydrogen-bond acceptors (Lipinski definition) is 13. The van der Waals surface area contributed by atoms with Crippen molar-refractivity contribution < 1.29 is 43.2 Å². The topological polar surface area (TPSA) is 194 Å². The molecule has 3 aromatic rings. The maximum Gasteiger partial charge on any atom is 0.408 e. The number of carboxylic acid groups (broad SMARTS) is 1. The summed E-state index contributed by atoms with van der Waals surface area (Å²) in [6, 6.07) is 3.30. The first-order valence-electron chi connectivity index (χ1n) is 22.3. The molecule has 2 aromatic heterocycles. The highest BCUT2D eigenvalue weighted by Gasteiger charge is 2.61. The van der Waals surface area contributed by atoms with Crippen molar-refractivity contribution in [2.45, 2.75) is 115 Å². The van der Waals surface area contributed by atoms with Crippen LogP contribution in [0, 0.1) is 23.2 Å². The van der Waals surface area contributed by atoms with Gasteiger partial charge in [-0.1, -0.05) is 38.4 Å². The van der Waals surface area contributed by atoms with Crippen LogP contribution < -0.4 is 25.4 Å². The van der Waals surface area contributed by atoms with E-state index in [1.165, 1.54) is 28.7 Å². The Balaban J connectivity index is 1.09. The van der Waals surface area contributed by atoms with E-state index in [0.29, 0.717) is 63.9 Å². The molecule has 8 rings (SSSR count). The summed E-state index contributed by atoms with van der Waals surface area (Å²) in [7, 11) is 1.73. The average molecular weight is 923 g/mol. The Morgan fingerprint density at radius 1 is 1.05 bits per heavy atom. The molecular weight excluding hydrogens is 862 g/mol. The molecule has 5 aliphatic rings. The number of aliphatic carboxylic acids is 1. The number of benzene rings is 1. The van der Waals surface area contributed by atoms with Crippen molar-refractivity contribution in [3.05, 3.63) is 41.3 Å². The van der Waals surface area contributed by atoms with Gasteiger partial charge >= 0.3 is 12.1 Å². The lowest BCUT2D eigenvalue weighted by molar-refractivity contribution is -0.146. The van der Waals surface area contributed by atoms with Gasteiger partial charge in [-0.2, -0.15) is 0 Å². The van der Waals surface area contributed by atoms with Crippen molar-refractivity contribution in [3.8, 4) is 22.9 Å². The van der Waals surface area contributed by atoms with Gasteiger partial charge in [0, 0.05) is 62.0 Å². The Kier molecular flexibility index (Phi) is 13.1. The van der Waals surface area contributed by atoms with E-state index in [4.69, 9.17) is 40.5 Å². The first-order valence-corrected chi connectivity index (χ1v) is 23.6. The number of carbonyl (C=O) groups is 4. The van der Waals surface area contributed by atoms with E-state index in [-0.39, 0.29) is 42.7 Å². The van der Waals surface area contributed by atoms with Crippen LogP contribution in [0.5, 0.6) is 11.5 Å². The van der Waals surface area contributed by atoms with Crippen LogP contribution >= 0.6 is 22.9 Å². The van der Waals surface area contributed by atoms with E-state index >= 15 is 0 Å². The fourth-order valence-corrected chi connectivity index (χ4v) is 10.6. The second kappa shape index (κ2) is 18.3. The molecule has 5 fully saturated rings. The molecule has 4 N–H and O–H groups in total. The second-order valence-corrected chi connectivity index (χ2v) is 20.6. The molecule has 3 amide bonds. The van der Waals surface area contributed by atoms with Gasteiger partial charge < -0.3 is 44.9 Å². The second-order valence-electron chi connectivity index (χ2n) is 19.4. The van der Waals surface area contributed by atoms with Crippen LogP contribution in [-0.4, -0.2) is 131 Å². The van der Waals surface area contributed by atoms with Crippen molar-refractivity contribution in [3.63, 3.8) is 0 Å². The molecule has 3 saturated carbocycles. The van der Waals surface area contributed by atoms with Gasteiger partial charge in [0.25, 0.3) is 0 Å². The number of likely N-dealkylation sites (tertiary alicyclic amines) is 2. The highest BCUT2D eigenvalue weighted by molar-refractivity contribution is 7.14. The number of amides is 3. The van der Waals surface area contributed by atoms with Gasteiger partial charge in [-0.3, -0.25) is 14.5 Å². The highest BCUT2D eigenvalue weighted by atomic mass is 35.5. The number of aromatic nitrogens is 2. The number of pyridine rings is 1. The number of fused-ring (bicyclic) bond motifs is 2. The maximum atomic E-state index is 14.8. The van der Waals surface area contributed by atoms with Gasteiger partial charge in [0.15, 0.2) is 5.13 Å². The average Bonchev–Trinajstić information content (AvgIpc) is 3.72. The quantitative estimate of drug-likeness (QED) is 0.109. The van der Waals surface area contributed by atoms with E-state index in [1.807, 2.05) is 46.1 Å². The molecule has 0 spiro atoms. The standard InChI is InChI=1S/C46H60ClN7O9S/c1-8-27-20-46(27,42(57)58)52-40(55)34-18-30(22-54(34)41(56)39(45(4,5)6)51-44(59)63-29-16-25-15-26(25)17-29)62-36-19-32(33-23-64-43(50-33)48-24(2)3)49-38-31(36)9-10-35(37(38)47)61-14-13-53-12-11-28(21-53)60-7/h8-10,19,23-30,34,39H,1,11-18,20-22H2,2-7H3,(H,48,50)(H,51,59)(H,52,55)(H,57,58)/t25-,26+,27-,28-,29+,30-,34+,39-,46?/m1/s1. The third-order valence-corrected chi connectivity index (χ3v) is 14.4. The Morgan fingerprint density at radius 3 is 2.47 bits per heavy atom. The highest BCUT2D eigenvalue weighted by Crippen LogP contribution is 2.52. The number of rotatable bonds is 17. The molecule has 1 unspecified atom stereocenters. The molecule has 0 bridgehead atoms. The van der Waals surface area contributed by atoms with E-state index in [9.17, 15) is 24.3 Å². The van der Waals surface area contributed by atoms with Gasteiger partial charge in [0.2, 0.25) is 11.8 Å². The molecule has 1 aromatic carbocycles. The number of anilines is 1. The van der Waals surface area contributed by atoms with Gasteiger partial charge in [-0.05, 0) is 75.3 Å². The third-order valence-electron chi connectivity index (χ3n) is 13.3. The predicted octanol–water partition coefficient (Wildman–Crippen LogP) is 6.36. The van der Waals surface area contributed by atoms with Crippen molar-refractivity contribution in [2.75, 3.05) is 45.2 Å². The van der Waals surface area contributed by atoms with Crippen molar-refractivity contribution in [2.24, 2.45) is 23.2 Å². The lowest BCUT2D eigenvalue weighted by Crippen LogP contribution is -2.59. The number of ether oxygens (including phenoxy) is 4. The molecular formula is C46H60ClN7O9S. The number of halogens is 1. The Bertz CT molecular complexity index is 2280. The minimum atomic E-state index is -1.54. The van der Waals surface area contributed by atoms with E-state index in [0.717, 1.165) is 32.4 Å². The molecule has 2 saturated heterocycles. The van der Waals surface area contributed by atoms with Crippen molar-refractivity contribution >= 4 is 62.8 Å². The maximum absolute atomic E-state index is 14.8. The first kappa shape index (κ1) is 45.8. The largest absolute Gasteiger partial charge is 0.491 e. The summed E-state index contributed by atoms with van der Waals surface area (Å²) < 4.78 is 24.4. The van der Waals surface area contributed by atoms with Crippen LogP contribution in [0.1, 0.15) is 73.1 Å². The molecule has 3 aliphatic carbocycles. The monoisotopic (exact) mass is 921 g/mol. The predicted molar refractivity (Wildman–Crippen MR) is 243 cm³/mol. The van der Waals surface area contributed by atoms with Crippen LogP contribution in [0.15, 0.2) is 36.2 Å². The number of alkyl carbamates (subject to hydrolysis) is 1. The zero-order valence-electron chi connectivity index (χ0n) is 37.4. The number of nitrogens with one attached hydrogen (secondary N) is 3. The van der Waals surface area contributed by atoms with E-state index in [2.05, 4.69) is 27.4 Å². The summed E-state index contributed by atoms with van der Waals surface area (Å²) in [5.74, 6) is -0.789. The number of carbonyl (C=O) groups excluding carboxylic acids is 3. The molecule has 0 radical (unpaired) electrons. The summed E-state index contributed by atoms with van der Waals surface area (Å²) >= 11 is 8.56. The Hall–Kier alpha value is -4.71. The summed E-state index contributed by atoms with van der Waals surface area (Å²) in [6.45, 7) is 16.1. The fourth-order valence-electron chi connectivity index (χ4n) is 9.48. The summed E-state index contributed by atoms with van der Waals surface area (Å²) in [6.07, 6.45) is 4.02. The third kappa shape index (κ3) is 9.77. The molecule has 9 atom stereocenters. The normalized spacial score (nSPS) is 27.8. The zero-order valence-corrected chi connectivity index (χ0v) is 38.9. The molecule has 64 heavy (non-hydrogen) atoms. The lowest BCUT2D eigenvalue weighted by atomic mass is 9.85. The summed E-state index contributed by atoms with van der Waals surface area (Å²) in [5.41, 5.74) is -0.845. The number of hydrogen-bond donors (Lipinski definition) is 4. The van der Waals surface area contributed by atoms with Gasteiger partial charge in [-0.25, -0.2) is 19.6 Å². The van der Waals surface area contributed by atoms with Gasteiger partial charge in [-0.15, -0.1) is 17.9 Å². The Labute approximate surface area is 382 Å². The fraction of sp³-hybridized carbons (Fsp3) is 0.609. The van der Waals surface area contributed by atoms with Crippen LogP contribution in [0.3, 0.4) is 0 Å². The molecule has 18 heteroatoms. The number of thiazole rings is 1. The van der Waals surface area contributed by atoms with Crippen LogP contribution in [0.25, 0.3) is 22.3 Å². The number of carboxylic acids is 1. The summed E-state index contributed by atoms with van der Waals surface area (Å²) in [5, 5.41) is 22.6. The molecule has 346 valence electrons. The van der Waals surface area contributed by atoms with Gasteiger partial charge in [0.05, 0.1) is 23.9 Å². The molecule has 2 aliphatic heterocycles. The zero-order chi connectivity index (χ0) is 45.7. The minimum Gasteiger partial charge on any atom is -0.491 e. The van der Waals surface area contributed by atoms with E-state index in [1.54, 1.807) is 19.2 Å². The SMILES string of the molecule is C=C[C@@H]1CC1(NC(=O)[C@@H]1C[C@@H](Oc2cc(-c3csc(NC(C)C)n3)nc3c(Cl)c(OCCN4CC[C@@H](OC)C4)ccc23)CN1C(=O)[C@@H](NC(=O)O[C@@H]1C[C@@H]2C[C@@H]2C1)C(C)(C)C)C(=O)O. The van der Waals surface area contributed by atoms with Gasteiger partial charge in [0.1, 0.15) is 58.7 Å².